The molecule has 9 rings (SSSR count). The average molecular weight is 771 g/mol. The molecule has 6 fully saturated rings. The van der Waals surface area contributed by atoms with Gasteiger partial charge in [0.05, 0.1) is 45.5 Å². The Morgan fingerprint density at radius 3 is 2.64 bits per heavy atom. The van der Waals surface area contributed by atoms with E-state index in [2.05, 4.69) is 42.5 Å². The van der Waals surface area contributed by atoms with Gasteiger partial charge in [-0.05, 0) is 131 Å². The molecule has 55 heavy (non-hydrogen) atoms. The predicted molar refractivity (Wildman–Crippen MR) is 216 cm³/mol. The minimum absolute atomic E-state index is 0.156. The molecule has 0 aromatic carbocycles. The third-order valence-corrected chi connectivity index (χ3v) is 18.1. The highest BCUT2D eigenvalue weighted by Gasteiger charge is 2.60. The largest absolute Gasteiger partial charge is 0.378 e. The maximum absolute atomic E-state index is 13.2. The van der Waals surface area contributed by atoms with Crippen LogP contribution in [0.1, 0.15) is 116 Å². The van der Waals surface area contributed by atoms with Crippen LogP contribution in [0.3, 0.4) is 0 Å². The highest BCUT2D eigenvalue weighted by molar-refractivity contribution is 7.93. The maximum atomic E-state index is 13.2. The van der Waals surface area contributed by atoms with Gasteiger partial charge < -0.3 is 18.9 Å². The number of morpholine rings is 1. The zero-order valence-electron chi connectivity index (χ0n) is 33.6. The summed E-state index contributed by atoms with van der Waals surface area (Å²) in [5.41, 5.74) is 3.22. The highest BCUT2D eigenvalue weighted by Crippen LogP contribution is 2.66. The zero-order chi connectivity index (χ0) is 38.2. The molecule has 9 atom stereocenters. The summed E-state index contributed by atoms with van der Waals surface area (Å²) in [4.78, 5) is 29.5. The van der Waals surface area contributed by atoms with E-state index in [1.807, 2.05) is 18.3 Å². The van der Waals surface area contributed by atoms with Gasteiger partial charge in [0.15, 0.2) is 5.82 Å². The fraction of sp³-hybridized carbons (Fsp3) is 0.727. The standard InChI is InChI=1S/C44H62N6O4S/c1-29-28-53-25-23-50(29)39-27-37(44(18-19-44)55(4,45)52)47-40(48-39)32-14-20-46-41-33(32)15-22-49(41)21-6-5-7-24-54-38-11-10-35-34-9-8-30-26-31(51)12-16-42(30,2)36(34)13-17-43(35,38)3/h14-15,20,22,27,29-30,34-36,38,45H,5-13,16-19,21,23-26,28H2,1-4H3/t29-,30+,34+,35+,36+,38+,42+,43+,55-/m1/s1. The average Bonchev–Trinajstić information content (AvgIpc) is 3.80. The van der Waals surface area contributed by atoms with Crippen molar-refractivity contribution in [2.24, 2.45) is 34.5 Å². The maximum Gasteiger partial charge on any atom is 0.162 e. The van der Waals surface area contributed by atoms with Gasteiger partial charge in [0, 0.05) is 68.2 Å². The topological polar surface area (TPSA) is 123 Å². The Kier molecular flexibility index (Phi) is 9.72. The van der Waals surface area contributed by atoms with Crippen LogP contribution in [0.25, 0.3) is 22.4 Å². The third-order valence-electron chi connectivity index (χ3n) is 16.0. The summed E-state index contributed by atoms with van der Waals surface area (Å²) >= 11 is 0. The Bertz CT molecular complexity index is 2050. The van der Waals surface area contributed by atoms with Crippen molar-refractivity contribution in [3.05, 3.63) is 36.3 Å². The van der Waals surface area contributed by atoms with Gasteiger partial charge in [-0.3, -0.25) is 9.57 Å². The Morgan fingerprint density at radius 1 is 1.00 bits per heavy atom. The molecular weight excluding hydrogens is 709 g/mol. The number of ketones is 1. The molecule has 6 aliphatic rings. The molecule has 3 aromatic heterocycles. The first-order valence-electron chi connectivity index (χ1n) is 21.5. The number of aryl methyl sites for hydroxylation is 1. The van der Waals surface area contributed by atoms with Crippen molar-refractivity contribution in [1.82, 2.24) is 19.5 Å². The van der Waals surface area contributed by atoms with Gasteiger partial charge in [0.25, 0.3) is 0 Å². The van der Waals surface area contributed by atoms with Gasteiger partial charge in [-0.1, -0.05) is 13.8 Å². The number of Topliss-reactive ketones (excluding diaryl/α,β-unsaturated/α-hetero) is 1. The van der Waals surface area contributed by atoms with Crippen molar-refractivity contribution in [1.29, 1.82) is 4.78 Å². The molecule has 5 saturated carbocycles. The molecule has 11 heteroatoms. The fourth-order valence-corrected chi connectivity index (χ4v) is 13.9. The molecule has 0 spiro atoms. The number of hydrogen-bond acceptors (Lipinski definition) is 9. The third kappa shape index (κ3) is 6.46. The second-order valence-electron chi connectivity index (χ2n) is 18.9. The zero-order valence-corrected chi connectivity index (χ0v) is 34.4. The first kappa shape index (κ1) is 37.7. The lowest BCUT2D eigenvalue weighted by atomic mass is 9.45. The number of aromatic nitrogens is 4. The number of carbonyl (C=O) groups is 1. The van der Waals surface area contributed by atoms with E-state index in [0.717, 1.165) is 104 Å². The second kappa shape index (κ2) is 14.2. The molecular formula is C44H62N6O4S. The lowest BCUT2D eigenvalue weighted by Gasteiger charge is -2.60. The van der Waals surface area contributed by atoms with Crippen molar-refractivity contribution in [3.8, 4) is 11.4 Å². The Hall–Kier alpha value is -2.89. The summed E-state index contributed by atoms with van der Waals surface area (Å²) in [6.45, 7) is 10.9. The summed E-state index contributed by atoms with van der Waals surface area (Å²) in [6.07, 6.45) is 21.0. The summed E-state index contributed by atoms with van der Waals surface area (Å²) < 4.78 is 35.8. The number of carbonyl (C=O) groups excluding carboxylic acids is 1. The first-order valence-corrected chi connectivity index (χ1v) is 23.4. The Labute approximate surface area is 327 Å². The van der Waals surface area contributed by atoms with Gasteiger partial charge in [-0.25, -0.2) is 19.2 Å². The van der Waals surface area contributed by atoms with E-state index >= 15 is 0 Å². The van der Waals surface area contributed by atoms with Gasteiger partial charge in [0.1, 0.15) is 17.2 Å². The Balaban J connectivity index is 0.834. The molecule has 298 valence electrons. The number of nitrogens with zero attached hydrogens (tertiary/aromatic N) is 5. The number of anilines is 1. The number of unbranched alkanes of at least 4 members (excludes halogenated alkanes) is 2. The highest BCUT2D eigenvalue weighted by atomic mass is 32.2. The first-order chi connectivity index (χ1) is 26.4. The van der Waals surface area contributed by atoms with Crippen LogP contribution in [-0.4, -0.2) is 74.3 Å². The van der Waals surface area contributed by atoms with E-state index in [-0.39, 0.29) is 6.04 Å². The molecule has 0 bridgehead atoms. The Morgan fingerprint density at radius 2 is 1.84 bits per heavy atom. The van der Waals surface area contributed by atoms with Crippen LogP contribution in [0.4, 0.5) is 5.82 Å². The molecule has 1 saturated heterocycles. The van der Waals surface area contributed by atoms with Crippen LogP contribution in [0.2, 0.25) is 0 Å². The van der Waals surface area contributed by atoms with Crippen LogP contribution in [0, 0.1) is 39.3 Å². The monoisotopic (exact) mass is 770 g/mol. The lowest BCUT2D eigenvalue weighted by Crippen LogP contribution is -2.54. The molecule has 1 aliphatic heterocycles. The van der Waals surface area contributed by atoms with Gasteiger partial charge in [-0.15, -0.1) is 0 Å². The minimum atomic E-state index is -2.85. The molecule has 1 N–H and O–H groups in total. The summed E-state index contributed by atoms with van der Waals surface area (Å²) in [5, 5.41) is 1.01. The number of ether oxygens (including phenoxy) is 2. The number of nitrogens with one attached hydrogen (secondary N) is 1. The van der Waals surface area contributed by atoms with Crippen molar-refractivity contribution >= 4 is 32.4 Å². The van der Waals surface area contributed by atoms with Crippen LogP contribution in [0.15, 0.2) is 30.6 Å². The van der Waals surface area contributed by atoms with Crippen LogP contribution < -0.4 is 4.90 Å². The van der Waals surface area contributed by atoms with Crippen molar-refractivity contribution < 1.29 is 18.5 Å². The van der Waals surface area contributed by atoms with Gasteiger partial charge in [0.2, 0.25) is 0 Å². The van der Waals surface area contributed by atoms with E-state index in [9.17, 15) is 9.00 Å². The predicted octanol–water partition coefficient (Wildman–Crippen LogP) is 8.55. The van der Waals surface area contributed by atoms with Crippen LogP contribution >= 0.6 is 0 Å². The molecule has 5 aliphatic carbocycles. The summed E-state index contributed by atoms with van der Waals surface area (Å²) in [7, 11) is -2.85. The second-order valence-corrected chi connectivity index (χ2v) is 21.4. The van der Waals surface area contributed by atoms with Crippen molar-refractivity contribution in [2.45, 2.75) is 134 Å². The van der Waals surface area contributed by atoms with Crippen molar-refractivity contribution in [3.63, 3.8) is 0 Å². The van der Waals surface area contributed by atoms with Gasteiger partial charge in [-0.2, -0.15) is 0 Å². The van der Waals surface area contributed by atoms with Crippen LogP contribution in [0.5, 0.6) is 0 Å². The minimum Gasteiger partial charge on any atom is -0.378 e. The van der Waals surface area contributed by atoms with E-state index < -0.39 is 14.5 Å². The molecule has 0 radical (unpaired) electrons. The number of hydrogen-bond donors (Lipinski definition) is 1. The molecule has 10 nitrogen and oxygen atoms in total. The van der Waals surface area contributed by atoms with E-state index in [1.54, 1.807) is 6.26 Å². The molecule has 0 unspecified atom stereocenters. The van der Waals surface area contributed by atoms with E-state index in [1.165, 1.54) is 38.5 Å². The SMILES string of the molecule is C[C@@H]1COCCN1c1cc(C2([S@](C)(=N)=O)CC2)nc(-c2ccnc3c2ccn3CCCCCO[C@H]2CC[C@H]3[C@@H]4CC[C@H]5CC(=O)CC[C@]5(C)[C@H]4CC[C@]23C)n1. The van der Waals surface area contributed by atoms with E-state index in [0.29, 0.717) is 60.5 Å². The molecule has 3 aromatic rings. The quantitative estimate of drug-likeness (QED) is 0.193. The molecule has 0 amide bonds. The fourth-order valence-electron chi connectivity index (χ4n) is 12.5. The number of rotatable bonds is 11. The van der Waals surface area contributed by atoms with E-state index in [4.69, 9.17) is 29.2 Å². The summed E-state index contributed by atoms with van der Waals surface area (Å²) in [5.74, 6) is 4.92. The lowest BCUT2D eigenvalue weighted by molar-refractivity contribution is -0.145. The normalized spacial score (nSPS) is 35.2. The summed E-state index contributed by atoms with van der Waals surface area (Å²) in [6, 6.07) is 6.25. The van der Waals surface area contributed by atoms with Gasteiger partial charge >= 0.3 is 0 Å². The smallest absolute Gasteiger partial charge is 0.162 e. The van der Waals surface area contributed by atoms with Crippen LogP contribution in [-0.2, 0) is 35.3 Å². The molecule has 4 heterocycles. The van der Waals surface area contributed by atoms with Crippen molar-refractivity contribution in [2.75, 3.05) is 37.5 Å². The number of fused-ring (bicyclic) bond motifs is 6. The number of pyridine rings is 1.